The van der Waals surface area contributed by atoms with Crippen LogP contribution in [-0.2, 0) is 17.6 Å². The zero-order valence-corrected chi connectivity index (χ0v) is 22.6. The van der Waals surface area contributed by atoms with E-state index in [1.165, 1.54) is 31.4 Å². The molecule has 9 heteroatoms. The van der Waals surface area contributed by atoms with Crippen LogP contribution in [0.4, 0.5) is 19.0 Å². The molecule has 208 valence electrons. The Morgan fingerprint density at radius 3 is 2.30 bits per heavy atom. The lowest BCUT2D eigenvalue weighted by Crippen LogP contribution is -2.22. The number of anilines is 1. The number of rotatable bonds is 17. The topological polar surface area (TPSA) is 76.5 Å². The Bertz CT molecular complexity index is 954. The summed E-state index contributed by atoms with van der Waals surface area (Å²) in [6.07, 6.45) is 6.05. The van der Waals surface area contributed by atoms with Gasteiger partial charge >= 0.3 is 6.36 Å². The predicted octanol–water partition coefficient (Wildman–Crippen LogP) is 7.83. The number of ether oxygens (including phenoxy) is 2. The van der Waals surface area contributed by atoms with Crippen molar-refractivity contribution in [3.8, 4) is 22.8 Å². The quantitative estimate of drug-likeness (QED) is 0.205. The molecule has 0 amide bonds. The number of aromatic hydroxyl groups is 1. The first kappa shape index (κ1) is 30.7. The molecule has 1 atom stereocenters. The number of alkyl halides is 3. The lowest BCUT2D eigenvalue weighted by molar-refractivity contribution is -0.274. The van der Waals surface area contributed by atoms with Gasteiger partial charge in [-0.15, -0.1) is 23.4 Å². The molecule has 2 rings (SSSR count). The molecule has 1 aromatic heterocycles. The van der Waals surface area contributed by atoms with Crippen LogP contribution in [0.3, 0.4) is 0 Å². The van der Waals surface area contributed by atoms with E-state index in [4.69, 9.17) is 4.74 Å². The van der Waals surface area contributed by atoms with Gasteiger partial charge < -0.3 is 19.9 Å². The fourth-order valence-electron chi connectivity index (χ4n) is 4.42. The van der Waals surface area contributed by atoms with E-state index >= 15 is 0 Å². The van der Waals surface area contributed by atoms with E-state index < -0.39 is 12.1 Å². The highest BCUT2D eigenvalue weighted by Gasteiger charge is 2.31. The molecule has 0 aliphatic rings. The fourth-order valence-corrected chi connectivity index (χ4v) is 4.42. The summed E-state index contributed by atoms with van der Waals surface area (Å²) in [6, 6.07) is 3.82. The number of halogens is 3. The number of phenolic OH excluding ortho intramolecular Hbond substituents is 1. The zero-order chi connectivity index (χ0) is 27.3. The van der Waals surface area contributed by atoms with E-state index in [9.17, 15) is 18.3 Å². The number of aromatic nitrogens is 2. The maximum absolute atomic E-state index is 12.7. The molecule has 0 fully saturated rings. The maximum Gasteiger partial charge on any atom is 0.573 e. The number of nitrogens with one attached hydrogen (secondary N) is 1. The second-order valence-electron chi connectivity index (χ2n) is 9.38. The summed E-state index contributed by atoms with van der Waals surface area (Å²) >= 11 is 0. The molecule has 1 unspecified atom stereocenters. The van der Waals surface area contributed by atoms with Crippen molar-refractivity contribution in [3.05, 3.63) is 29.3 Å². The van der Waals surface area contributed by atoms with E-state index in [0.29, 0.717) is 24.3 Å². The van der Waals surface area contributed by atoms with Crippen LogP contribution in [0.25, 0.3) is 11.3 Å². The molecule has 2 aromatic rings. The van der Waals surface area contributed by atoms with Gasteiger partial charge in [0, 0.05) is 37.0 Å². The Balaban J connectivity index is 2.49. The van der Waals surface area contributed by atoms with Crippen LogP contribution >= 0.6 is 0 Å². The Kier molecular flexibility index (Phi) is 13.0. The third-order valence-corrected chi connectivity index (χ3v) is 6.44. The molecule has 0 radical (unpaired) electrons. The van der Waals surface area contributed by atoms with Gasteiger partial charge in [-0.2, -0.15) is 0 Å². The van der Waals surface area contributed by atoms with Gasteiger partial charge in [-0.3, -0.25) is 0 Å². The van der Waals surface area contributed by atoms with Crippen LogP contribution in [0.1, 0.15) is 89.7 Å². The van der Waals surface area contributed by atoms with Crippen molar-refractivity contribution in [2.45, 2.75) is 104 Å². The van der Waals surface area contributed by atoms with E-state index in [0.717, 1.165) is 68.0 Å². The number of benzene rings is 1. The van der Waals surface area contributed by atoms with Gasteiger partial charge in [0.05, 0.1) is 0 Å². The molecule has 0 aliphatic heterocycles. The minimum absolute atomic E-state index is 0.274. The van der Waals surface area contributed by atoms with Gasteiger partial charge in [0.2, 0.25) is 0 Å². The van der Waals surface area contributed by atoms with Crippen LogP contribution in [0.15, 0.2) is 18.2 Å². The SMILES string of the molecule is CCCCCCC(CC)Nc1nnc(-c2ccc(OC(F)(F)F)cc2O)c(CCCOC)c1CCCC. The summed E-state index contributed by atoms with van der Waals surface area (Å²) in [4.78, 5) is 0. The molecule has 1 aromatic carbocycles. The molecule has 0 saturated heterocycles. The molecule has 37 heavy (non-hydrogen) atoms. The Hall–Kier alpha value is -2.55. The maximum atomic E-state index is 12.7. The molecular formula is C28H42F3N3O3. The van der Waals surface area contributed by atoms with E-state index in [-0.39, 0.29) is 11.8 Å². The fraction of sp³-hybridized carbons (Fsp3) is 0.643. The van der Waals surface area contributed by atoms with Crippen molar-refractivity contribution >= 4 is 5.82 Å². The monoisotopic (exact) mass is 525 g/mol. The minimum Gasteiger partial charge on any atom is -0.507 e. The normalized spacial score (nSPS) is 12.5. The average molecular weight is 526 g/mol. The summed E-state index contributed by atoms with van der Waals surface area (Å²) in [5, 5.41) is 23.3. The number of hydrogen-bond donors (Lipinski definition) is 2. The van der Waals surface area contributed by atoms with Crippen molar-refractivity contribution in [1.29, 1.82) is 0 Å². The highest BCUT2D eigenvalue weighted by Crippen LogP contribution is 2.37. The first-order valence-electron chi connectivity index (χ1n) is 13.5. The molecule has 0 spiro atoms. The minimum atomic E-state index is -4.84. The van der Waals surface area contributed by atoms with Gasteiger partial charge in [-0.1, -0.05) is 52.9 Å². The van der Waals surface area contributed by atoms with E-state index in [1.807, 2.05) is 0 Å². The predicted molar refractivity (Wildman–Crippen MR) is 141 cm³/mol. The van der Waals surface area contributed by atoms with Crippen LogP contribution < -0.4 is 10.1 Å². The molecule has 0 bridgehead atoms. The molecule has 1 heterocycles. The molecule has 6 nitrogen and oxygen atoms in total. The number of phenols is 1. The Labute approximate surface area is 219 Å². The van der Waals surface area contributed by atoms with Crippen LogP contribution in [0.2, 0.25) is 0 Å². The summed E-state index contributed by atoms with van der Waals surface area (Å²) in [5.41, 5.74) is 2.78. The summed E-state index contributed by atoms with van der Waals surface area (Å²) < 4.78 is 47.2. The van der Waals surface area contributed by atoms with Crippen molar-refractivity contribution in [1.82, 2.24) is 10.2 Å². The van der Waals surface area contributed by atoms with Crippen molar-refractivity contribution in [3.63, 3.8) is 0 Å². The van der Waals surface area contributed by atoms with E-state index in [1.54, 1.807) is 7.11 Å². The highest BCUT2D eigenvalue weighted by molar-refractivity contribution is 5.73. The molecule has 0 saturated carbocycles. The second kappa shape index (κ2) is 15.6. The van der Waals surface area contributed by atoms with Crippen LogP contribution in [-0.4, -0.2) is 41.4 Å². The Morgan fingerprint density at radius 1 is 0.946 bits per heavy atom. The number of hydrogen-bond acceptors (Lipinski definition) is 6. The van der Waals surface area contributed by atoms with Crippen molar-refractivity contribution in [2.24, 2.45) is 0 Å². The van der Waals surface area contributed by atoms with Crippen LogP contribution in [0.5, 0.6) is 11.5 Å². The van der Waals surface area contributed by atoms with E-state index in [2.05, 4.69) is 41.0 Å². The van der Waals surface area contributed by atoms with Gasteiger partial charge in [0.25, 0.3) is 0 Å². The number of nitrogens with zero attached hydrogens (tertiary/aromatic N) is 2. The highest BCUT2D eigenvalue weighted by atomic mass is 19.4. The van der Waals surface area contributed by atoms with Gasteiger partial charge in [-0.25, -0.2) is 0 Å². The van der Waals surface area contributed by atoms with Gasteiger partial charge in [0.15, 0.2) is 5.82 Å². The number of methoxy groups -OCH3 is 1. The Morgan fingerprint density at radius 2 is 1.68 bits per heavy atom. The lowest BCUT2D eigenvalue weighted by atomic mass is 9.94. The average Bonchev–Trinajstić information content (AvgIpc) is 2.85. The molecule has 2 N–H and O–H groups in total. The third kappa shape index (κ3) is 10.0. The van der Waals surface area contributed by atoms with Crippen molar-refractivity contribution < 1.29 is 27.8 Å². The van der Waals surface area contributed by atoms with Crippen molar-refractivity contribution in [2.75, 3.05) is 19.0 Å². The first-order valence-corrected chi connectivity index (χ1v) is 13.5. The second-order valence-corrected chi connectivity index (χ2v) is 9.38. The standard InChI is InChI=1S/C28H42F3N3O3/c1-5-8-10-11-13-20(7-3)32-27-23(14-9-6-2)22(15-12-18-36-4)26(33-34-27)24-17-16-21(19-25(24)35)37-28(29,30)31/h16-17,19-20,35H,5-15,18H2,1-4H3,(H,32,34). The third-order valence-electron chi connectivity index (χ3n) is 6.44. The van der Waals surface area contributed by atoms with Gasteiger partial charge in [-0.05, 0) is 56.2 Å². The lowest BCUT2D eigenvalue weighted by Gasteiger charge is -2.23. The summed E-state index contributed by atoms with van der Waals surface area (Å²) in [6.45, 7) is 7.04. The van der Waals surface area contributed by atoms with Gasteiger partial charge in [0.1, 0.15) is 17.2 Å². The summed E-state index contributed by atoms with van der Waals surface area (Å²) in [7, 11) is 1.65. The molecular weight excluding hydrogens is 483 g/mol. The first-order chi connectivity index (χ1) is 17.7. The largest absolute Gasteiger partial charge is 0.573 e. The zero-order valence-electron chi connectivity index (χ0n) is 22.6. The summed E-state index contributed by atoms with van der Waals surface area (Å²) in [5.74, 6) is -0.0713. The molecule has 0 aliphatic carbocycles. The van der Waals surface area contributed by atoms with Crippen LogP contribution in [0, 0.1) is 0 Å². The number of unbranched alkanes of at least 4 members (excludes halogenated alkanes) is 4. The smallest absolute Gasteiger partial charge is 0.507 e.